The standard InChI is InChI=1S/C18H18Cl2N2O4/c1-3-26-15-7-5-12(8-16(15)25-2)18(24)22-21-17(23)9-11-4-6-13(19)10-14(11)20/h4-8,10H,3,9H2,1-2H3,(H,21,23)(H,22,24). The maximum absolute atomic E-state index is 12.2. The molecule has 0 aliphatic carbocycles. The molecule has 0 unspecified atom stereocenters. The van der Waals surface area contributed by atoms with Crippen molar-refractivity contribution in [3.05, 3.63) is 57.6 Å². The summed E-state index contributed by atoms with van der Waals surface area (Å²) < 4.78 is 10.6. The van der Waals surface area contributed by atoms with Crippen molar-refractivity contribution in [2.24, 2.45) is 0 Å². The van der Waals surface area contributed by atoms with Gasteiger partial charge in [-0.05, 0) is 42.8 Å². The number of ether oxygens (including phenoxy) is 2. The second kappa shape index (κ2) is 9.31. The van der Waals surface area contributed by atoms with Crippen LogP contribution in [0.2, 0.25) is 10.0 Å². The number of carbonyl (C=O) groups excluding carboxylic acids is 2. The van der Waals surface area contributed by atoms with Crippen molar-refractivity contribution in [2.75, 3.05) is 13.7 Å². The van der Waals surface area contributed by atoms with E-state index in [2.05, 4.69) is 10.9 Å². The number of halogens is 2. The van der Waals surface area contributed by atoms with Crippen LogP contribution in [0.3, 0.4) is 0 Å². The van der Waals surface area contributed by atoms with Crippen LogP contribution in [-0.4, -0.2) is 25.5 Å². The van der Waals surface area contributed by atoms with Crippen molar-refractivity contribution in [3.8, 4) is 11.5 Å². The first-order chi connectivity index (χ1) is 12.4. The maximum atomic E-state index is 12.2. The van der Waals surface area contributed by atoms with Gasteiger partial charge in [-0.15, -0.1) is 0 Å². The van der Waals surface area contributed by atoms with Crippen LogP contribution in [0.4, 0.5) is 0 Å². The number of methoxy groups -OCH3 is 1. The third-order valence-electron chi connectivity index (χ3n) is 3.41. The van der Waals surface area contributed by atoms with Crippen LogP contribution in [0.5, 0.6) is 11.5 Å². The van der Waals surface area contributed by atoms with E-state index in [1.54, 1.807) is 30.3 Å². The second-order valence-electron chi connectivity index (χ2n) is 5.21. The molecule has 0 saturated heterocycles. The van der Waals surface area contributed by atoms with Crippen LogP contribution in [0.1, 0.15) is 22.8 Å². The Kier molecular flexibility index (Phi) is 7.12. The van der Waals surface area contributed by atoms with Gasteiger partial charge >= 0.3 is 0 Å². The summed E-state index contributed by atoms with van der Waals surface area (Å²) in [7, 11) is 1.48. The van der Waals surface area contributed by atoms with Gasteiger partial charge in [0.25, 0.3) is 5.91 Å². The van der Waals surface area contributed by atoms with E-state index in [0.717, 1.165) is 0 Å². The van der Waals surface area contributed by atoms with Crippen molar-refractivity contribution in [1.29, 1.82) is 0 Å². The van der Waals surface area contributed by atoms with Gasteiger partial charge in [0.2, 0.25) is 5.91 Å². The fourth-order valence-electron chi connectivity index (χ4n) is 2.16. The van der Waals surface area contributed by atoms with E-state index in [1.165, 1.54) is 13.2 Å². The van der Waals surface area contributed by atoms with Gasteiger partial charge in [-0.3, -0.25) is 20.4 Å². The molecule has 0 saturated carbocycles. The Balaban J connectivity index is 1.96. The highest BCUT2D eigenvalue weighted by atomic mass is 35.5. The summed E-state index contributed by atoms with van der Waals surface area (Å²) in [6.07, 6.45) is 0.00286. The topological polar surface area (TPSA) is 76.7 Å². The number of hydrazine groups is 1. The Morgan fingerprint density at radius 3 is 2.46 bits per heavy atom. The van der Waals surface area contributed by atoms with E-state index in [9.17, 15) is 9.59 Å². The molecule has 8 heteroatoms. The molecular weight excluding hydrogens is 379 g/mol. The molecule has 0 bridgehead atoms. The third-order valence-corrected chi connectivity index (χ3v) is 3.99. The largest absolute Gasteiger partial charge is 0.493 e. The number of amides is 2. The van der Waals surface area contributed by atoms with Gasteiger partial charge in [-0.2, -0.15) is 0 Å². The van der Waals surface area contributed by atoms with Crippen molar-refractivity contribution in [2.45, 2.75) is 13.3 Å². The molecule has 138 valence electrons. The number of carbonyl (C=O) groups is 2. The van der Waals surface area contributed by atoms with Crippen molar-refractivity contribution >= 4 is 35.0 Å². The van der Waals surface area contributed by atoms with Gasteiger partial charge in [-0.1, -0.05) is 29.3 Å². The molecule has 0 heterocycles. The van der Waals surface area contributed by atoms with Crippen LogP contribution < -0.4 is 20.3 Å². The molecule has 2 aromatic carbocycles. The molecule has 0 fully saturated rings. The predicted octanol–water partition coefficient (Wildman–Crippen LogP) is 3.40. The van der Waals surface area contributed by atoms with E-state index in [4.69, 9.17) is 32.7 Å². The van der Waals surface area contributed by atoms with E-state index >= 15 is 0 Å². The first-order valence-electron chi connectivity index (χ1n) is 7.78. The molecular formula is C18H18Cl2N2O4. The zero-order valence-electron chi connectivity index (χ0n) is 14.3. The summed E-state index contributed by atoms with van der Waals surface area (Å²) in [6, 6.07) is 9.58. The lowest BCUT2D eigenvalue weighted by atomic mass is 10.1. The van der Waals surface area contributed by atoms with Crippen LogP contribution in [-0.2, 0) is 11.2 Å². The average Bonchev–Trinajstić information content (AvgIpc) is 2.62. The molecule has 26 heavy (non-hydrogen) atoms. The highest BCUT2D eigenvalue weighted by Gasteiger charge is 2.13. The number of benzene rings is 2. The lowest BCUT2D eigenvalue weighted by Crippen LogP contribution is -2.42. The molecule has 2 aromatic rings. The normalized spacial score (nSPS) is 10.2. The summed E-state index contributed by atoms with van der Waals surface area (Å²) >= 11 is 11.8. The number of nitrogens with one attached hydrogen (secondary N) is 2. The fraction of sp³-hybridized carbons (Fsp3) is 0.222. The lowest BCUT2D eigenvalue weighted by Gasteiger charge is -2.12. The van der Waals surface area contributed by atoms with Crippen LogP contribution in [0.15, 0.2) is 36.4 Å². The summed E-state index contributed by atoms with van der Waals surface area (Å²) in [5.41, 5.74) is 5.61. The monoisotopic (exact) mass is 396 g/mol. The van der Waals surface area contributed by atoms with Crippen molar-refractivity contribution in [1.82, 2.24) is 10.9 Å². The highest BCUT2D eigenvalue weighted by Crippen LogP contribution is 2.28. The minimum Gasteiger partial charge on any atom is -0.493 e. The molecule has 0 aromatic heterocycles. The lowest BCUT2D eigenvalue weighted by molar-refractivity contribution is -0.121. The molecule has 0 spiro atoms. The van der Waals surface area contributed by atoms with Gasteiger partial charge in [0.15, 0.2) is 11.5 Å². The van der Waals surface area contributed by atoms with Gasteiger partial charge in [-0.25, -0.2) is 0 Å². The molecule has 0 aliphatic heterocycles. The third kappa shape index (κ3) is 5.28. The number of hydrogen-bond acceptors (Lipinski definition) is 4. The minimum atomic E-state index is -0.484. The van der Waals surface area contributed by atoms with Crippen molar-refractivity contribution in [3.63, 3.8) is 0 Å². The Morgan fingerprint density at radius 1 is 1.04 bits per heavy atom. The Hall–Kier alpha value is -2.44. The van der Waals surface area contributed by atoms with E-state index < -0.39 is 11.8 Å². The van der Waals surface area contributed by atoms with Crippen LogP contribution >= 0.6 is 23.2 Å². The Morgan fingerprint density at radius 2 is 1.81 bits per heavy atom. The van der Waals surface area contributed by atoms with Gasteiger partial charge in [0, 0.05) is 15.6 Å². The predicted molar refractivity (Wildman–Crippen MR) is 99.9 cm³/mol. The SMILES string of the molecule is CCOc1ccc(C(=O)NNC(=O)Cc2ccc(Cl)cc2Cl)cc1OC. The molecule has 0 aliphatic rings. The number of rotatable bonds is 6. The highest BCUT2D eigenvalue weighted by molar-refractivity contribution is 6.35. The second-order valence-corrected chi connectivity index (χ2v) is 6.06. The quantitative estimate of drug-likeness (QED) is 0.733. The summed E-state index contributed by atoms with van der Waals surface area (Å²) in [6.45, 7) is 2.33. The zero-order valence-corrected chi connectivity index (χ0v) is 15.8. The van der Waals surface area contributed by atoms with Crippen LogP contribution in [0.25, 0.3) is 0 Å². The molecule has 2 rings (SSSR count). The Labute approximate surface area is 161 Å². The molecule has 0 radical (unpaired) electrons. The average molecular weight is 397 g/mol. The summed E-state index contributed by atoms with van der Waals surface area (Å²) in [5, 5.41) is 0.868. The zero-order chi connectivity index (χ0) is 19.1. The van der Waals surface area contributed by atoms with Gasteiger partial charge < -0.3 is 9.47 Å². The molecule has 0 atom stereocenters. The summed E-state index contributed by atoms with van der Waals surface area (Å²) in [5.74, 6) is 0.0640. The van der Waals surface area contributed by atoms with Gasteiger partial charge in [0.05, 0.1) is 20.1 Å². The van der Waals surface area contributed by atoms with E-state index in [1.807, 2.05) is 6.92 Å². The molecule has 2 amide bonds. The van der Waals surface area contributed by atoms with Crippen LogP contribution in [0, 0.1) is 0 Å². The fourth-order valence-corrected chi connectivity index (χ4v) is 2.64. The maximum Gasteiger partial charge on any atom is 0.269 e. The summed E-state index contributed by atoms with van der Waals surface area (Å²) in [4.78, 5) is 24.2. The smallest absolute Gasteiger partial charge is 0.269 e. The minimum absolute atomic E-state index is 0.00286. The number of hydrogen-bond donors (Lipinski definition) is 2. The molecule has 2 N–H and O–H groups in total. The van der Waals surface area contributed by atoms with Gasteiger partial charge in [0.1, 0.15) is 0 Å². The molecule has 6 nitrogen and oxygen atoms in total. The first-order valence-corrected chi connectivity index (χ1v) is 8.54. The van der Waals surface area contributed by atoms with E-state index in [0.29, 0.717) is 39.3 Å². The first kappa shape index (κ1) is 19.9. The van der Waals surface area contributed by atoms with E-state index in [-0.39, 0.29) is 6.42 Å². The Bertz CT molecular complexity index is 812. The van der Waals surface area contributed by atoms with Crippen molar-refractivity contribution < 1.29 is 19.1 Å².